The quantitative estimate of drug-likeness (QED) is 0.689. The molecule has 0 spiro atoms. The fourth-order valence-corrected chi connectivity index (χ4v) is 0.891. The first-order chi connectivity index (χ1) is 6.09. The van der Waals surface area contributed by atoms with E-state index in [1.807, 2.05) is 0 Å². The number of carbonyl (C=O) groups excluding carboxylic acids is 1. The van der Waals surface area contributed by atoms with Gasteiger partial charge in [-0.25, -0.2) is 4.39 Å². The van der Waals surface area contributed by atoms with E-state index in [1.165, 1.54) is 18.2 Å². The van der Waals surface area contributed by atoms with Crippen LogP contribution in [0, 0.1) is 12.7 Å². The molecule has 0 bridgehead atoms. The number of hydrogen-bond acceptors (Lipinski definition) is 1. The zero-order chi connectivity index (χ0) is 9.84. The van der Waals surface area contributed by atoms with Crippen LogP contribution in [0.2, 0.25) is 0 Å². The van der Waals surface area contributed by atoms with Gasteiger partial charge in [-0.3, -0.25) is 4.79 Å². The molecule has 1 rings (SSSR count). The highest BCUT2D eigenvalue weighted by molar-refractivity contribution is 5.90. The Morgan fingerprint density at radius 3 is 2.77 bits per heavy atom. The van der Waals surface area contributed by atoms with Gasteiger partial charge in [0, 0.05) is 6.08 Å². The molecule has 0 aliphatic heterocycles. The molecule has 0 aliphatic rings. The number of rotatable bonds is 2. The smallest absolute Gasteiger partial charge is 0.241 e. The molecule has 1 amide bonds. The topological polar surface area (TPSA) is 43.1 Å². The Hall–Kier alpha value is -1.64. The Morgan fingerprint density at radius 2 is 2.23 bits per heavy atom. The maximum absolute atomic E-state index is 13.0. The molecule has 2 N–H and O–H groups in total. The molecular formula is C10H10FNO. The van der Waals surface area contributed by atoms with Crippen molar-refractivity contribution in [2.24, 2.45) is 5.73 Å². The van der Waals surface area contributed by atoms with Crippen LogP contribution < -0.4 is 5.73 Å². The monoisotopic (exact) mass is 179 g/mol. The summed E-state index contributed by atoms with van der Waals surface area (Å²) >= 11 is 0. The Morgan fingerprint density at radius 1 is 1.54 bits per heavy atom. The summed E-state index contributed by atoms with van der Waals surface area (Å²) in [4.78, 5) is 10.4. The molecule has 0 heterocycles. The zero-order valence-electron chi connectivity index (χ0n) is 7.25. The van der Waals surface area contributed by atoms with Gasteiger partial charge in [0.15, 0.2) is 0 Å². The summed E-state index contributed by atoms with van der Waals surface area (Å²) < 4.78 is 13.0. The summed E-state index contributed by atoms with van der Waals surface area (Å²) in [5, 5.41) is 0. The van der Waals surface area contributed by atoms with Crippen LogP contribution in [0.15, 0.2) is 24.3 Å². The van der Waals surface area contributed by atoms with E-state index in [-0.39, 0.29) is 5.82 Å². The van der Waals surface area contributed by atoms with Gasteiger partial charge < -0.3 is 5.73 Å². The van der Waals surface area contributed by atoms with Gasteiger partial charge in [-0.1, -0.05) is 12.1 Å². The molecule has 0 saturated carbocycles. The second-order valence-corrected chi connectivity index (χ2v) is 2.74. The predicted octanol–water partition coefficient (Wildman–Crippen LogP) is 1.63. The van der Waals surface area contributed by atoms with Gasteiger partial charge in [0.25, 0.3) is 0 Å². The minimum absolute atomic E-state index is 0.286. The number of benzene rings is 1. The van der Waals surface area contributed by atoms with Crippen molar-refractivity contribution < 1.29 is 9.18 Å². The summed E-state index contributed by atoms with van der Waals surface area (Å²) in [5.41, 5.74) is 6.10. The van der Waals surface area contributed by atoms with E-state index in [0.29, 0.717) is 11.1 Å². The highest BCUT2D eigenvalue weighted by Gasteiger charge is 1.96. The Balaban J connectivity index is 2.92. The summed E-state index contributed by atoms with van der Waals surface area (Å²) in [6.45, 7) is 1.68. The van der Waals surface area contributed by atoms with Gasteiger partial charge in [0.2, 0.25) is 5.91 Å². The van der Waals surface area contributed by atoms with E-state index in [9.17, 15) is 9.18 Å². The lowest BCUT2D eigenvalue weighted by atomic mass is 10.1. The van der Waals surface area contributed by atoms with Gasteiger partial charge in [0.05, 0.1) is 0 Å². The molecule has 0 fully saturated rings. The van der Waals surface area contributed by atoms with Crippen LogP contribution in [0.4, 0.5) is 4.39 Å². The molecule has 1 aromatic carbocycles. The Bertz CT molecular complexity index is 358. The van der Waals surface area contributed by atoms with E-state index in [4.69, 9.17) is 5.73 Å². The van der Waals surface area contributed by atoms with Crippen molar-refractivity contribution >= 4 is 12.0 Å². The van der Waals surface area contributed by atoms with Crippen LogP contribution in [0.25, 0.3) is 6.08 Å². The highest BCUT2D eigenvalue weighted by Crippen LogP contribution is 2.10. The third-order valence-corrected chi connectivity index (χ3v) is 1.64. The van der Waals surface area contributed by atoms with Crippen LogP contribution in [0.3, 0.4) is 0 Å². The van der Waals surface area contributed by atoms with Crippen molar-refractivity contribution in [1.29, 1.82) is 0 Å². The molecule has 1 aromatic rings. The molecule has 3 heteroatoms. The van der Waals surface area contributed by atoms with Gasteiger partial charge in [0.1, 0.15) is 5.82 Å². The number of primary amides is 1. The summed E-state index contributed by atoms with van der Waals surface area (Å²) in [5.74, 6) is -0.826. The molecule has 0 radical (unpaired) electrons. The molecule has 2 nitrogen and oxygen atoms in total. The van der Waals surface area contributed by atoms with Gasteiger partial charge in [-0.05, 0) is 30.2 Å². The second kappa shape index (κ2) is 3.85. The third-order valence-electron chi connectivity index (χ3n) is 1.64. The first-order valence-electron chi connectivity index (χ1n) is 3.83. The largest absolute Gasteiger partial charge is 0.366 e. The third kappa shape index (κ3) is 2.71. The first-order valence-corrected chi connectivity index (χ1v) is 3.83. The summed E-state index contributed by atoms with van der Waals surface area (Å²) in [6.07, 6.45) is 2.68. The Labute approximate surface area is 75.9 Å². The maximum Gasteiger partial charge on any atom is 0.241 e. The average Bonchev–Trinajstić information content (AvgIpc) is 2.07. The first kappa shape index (κ1) is 9.45. The number of hydrogen-bond donors (Lipinski definition) is 1. The lowest BCUT2D eigenvalue weighted by Crippen LogP contribution is -2.05. The van der Waals surface area contributed by atoms with Crippen LogP contribution in [-0.4, -0.2) is 5.91 Å². The SMILES string of the molecule is Cc1ccc(C=CC(N)=O)cc1F. The molecular weight excluding hydrogens is 169 g/mol. The van der Waals surface area contributed by atoms with Gasteiger partial charge in [-0.2, -0.15) is 0 Å². The van der Waals surface area contributed by atoms with Crippen molar-refractivity contribution in [3.63, 3.8) is 0 Å². The van der Waals surface area contributed by atoms with E-state index in [1.54, 1.807) is 19.1 Å². The van der Waals surface area contributed by atoms with Crippen molar-refractivity contribution in [1.82, 2.24) is 0 Å². The number of amides is 1. The molecule has 0 aromatic heterocycles. The lowest BCUT2D eigenvalue weighted by molar-refractivity contribution is -0.113. The van der Waals surface area contributed by atoms with Crippen molar-refractivity contribution in [2.75, 3.05) is 0 Å². The predicted molar refractivity (Wildman–Crippen MR) is 49.4 cm³/mol. The molecule has 0 atom stereocenters. The van der Waals surface area contributed by atoms with Crippen LogP contribution in [0.5, 0.6) is 0 Å². The molecule has 0 saturated heterocycles. The summed E-state index contributed by atoms with van der Waals surface area (Å²) in [7, 11) is 0. The fourth-order valence-electron chi connectivity index (χ4n) is 0.891. The van der Waals surface area contributed by atoms with Gasteiger partial charge >= 0.3 is 0 Å². The van der Waals surface area contributed by atoms with Crippen molar-refractivity contribution in [3.8, 4) is 0 Å². The van der Waals surface area contributed by atoms with E-state index >= 15 is 0 Å². The molecule has 68 valence electrons. The maximum atomic E-state index is 13.0. The number of nitrogens with two attached hydrogens (primary N) is 1. The number of halogens is 1. The normalized spacial score (nSPS) is 10.6. The second-order valence-electron chi connectivity index (χ2n) is 2.74. The van der Waals surface area contributed by atoms with E-state index < -0.39 is 5.91 Å². The lowest BCUT2D eigenvalue weighted by Gasteiger charge is -1.96. The number of carbonyl (C=O) groups is 1. The van der Waals surface area contributed by atoms with Gasteiger partial charge in [-0.15, -0.1) is 0 Å². The van der Waals surface area contributed by atoms with Crippen LogP contribution in [0.1, 0.15) is 11.1 Å². The van der Waals surface area contributed by atoms with Crippen LogP contribution >= 0.6 is 0 Å². The minimum Gasteiger partial charge on any atom is -0.366 e. The molecule has 0 aliphatic carbocycles. The van der Waals surface area contributed by atoms with Crippen LogP contribution in [-0.2, 0) is 4.79 Å². The van der Waals surface area contributed by atoms with Crippen molar-refractivity contribution in [2.45, 2.75) is 6.92 Å². The number of aryl methyl sites for hydroxylation is 1. The molecule has 0 unspecified atom stereocenters. The molecule has 13 heavy (non-hydrogen) atoms. The van der Waals surface area contributed by atoms with E-state index in [0.717, 1.165) is 0 Å². The fraction of sp³-hybridized carbons (Fsp3) is 0.100. The minimum atomic E-state index is -0.541. The van der Waals surface area contributed by atoms with Crippen molar-refractivity contribution in [3.05, 3.63) is 41.2 Å². The zero-order valence-corrected chi connectivity index (χ0v) is 7.25. The van der Waals surface area contributed by atoms with E-state index in [2.05, 4.69) is 0 Å². The standard InChI is InChI=1S/C10H10FNO/c1-7-2-3-8(6-9(7)11)4-5-10(12)13/h2-6H,1H3,(H2,12,13). The highest BCUT2D eigenvalue weighted by atomic mass is 19.1. The Kier molecular flexibility index (Phi) is 2.80. The average molecular weight is 179 g/mol. The summed E-state index contributed by atoms with van der Waals surface area (Å²) in [6, 6.07) is 4.72.